The molecular weight excluding hydrogens is 586 g/mol. The van der Waals surface area contributed by atoms with Crippen molar-refractivity contribution in [2.24, 2.45) is 0 Å². The van der Waals surface area contributed by atoms with E-state index >= 15 is 0 Å². The Kier molecular flexibility index (Phi) is 9.13. The number of ether oxygens (including phenoxy) is 2. The second kappa shape index (κ2) is 12.5. The van der Waals surface area contributed by atoms with Gasteiger partial charge in [-0.15, -0.1) is 0 Å². The first-order chi connectivity index (χ1) is 18.7. The number of sulfonamides is 1. The molecule has 9 nitrogen and oxygen atoms in total. The number of hydrogen-bond donors (Lipinski definition) is 1. The molecule has 1 aliphatic rings. The van der Waals surface area contributed by atoms with E-state index < -0.39 is 28.5 Å². The molecule has 11 heteroatoms. The topological polar surface area (TPSA) is 105 Å². The number of fused-ring (bicyclic) bond motifs is 1. The fourth-order valence-corrected chi connectivity index (χ4v) is 6.05. The van der Waals surface area contributed by atoms with E-state index in [1.54, 1.807) is 50.2 Å². The highest BCUT2D eigenvalue weighted by Crippen LogP contribution is 2.36. The minimum atomic E-state index is -4.16. The lowest BCUT2D eigenvalue weighted by Gasteiger charge is -2.32. The van der Waals surface area contributed by atoms with Crippen LogP contribution in [0, 0.1) is 0 Å². The van der Waals surface area contributed by atoms with Crippen LogP contribution in [0.1, 0.15) is 19.4 Å². The number of hydrogen-bond acceptors (Lipinski definition) is 6. The van der Waals surface area contributed by atoms with Crippen LogP contribution in [-0.4, -0.2) is 57.5 Å². The van der Waals surface area contributed by atoms with Crippen LogP contribution < -0.4 is 19.1 Å². The van der Waals surface area contributed by atoms with E-state index in [1.165, 1.54) is 17.0 Å². The molecule has 0 bridgehead atoms. The SMILES string of the molecule is CCNC(=O)[C@@H](C)N(Cc1cccc(Br)c1)C(=O)CN(c1ccc2c(c1)OCCO2)S(=O)(=O)c1ccccc1. The maximum atomic E-state index is 13.9. The van der Waals surface area contributed by atoms with Crippen molar-refractivity contribution in [3.05, 3.63) is 82.8 Å². The zero-order chi connectivity index (χ0) is 28.0. The Morgan fingerprint density at radius 1 is 0.974 bits per heavy atom. The Morgan fingerprint density at radius 3 is 2.38 bits per heavy atom. The summed E-state index contributed by atoms with van der Waals surface area (Å²) in [6.07, 6.45) is 0. The van der Waals surface area contributed by atoms with Crippen LogP contribution in [0.2, 0.25) is 0 Å². The predicted octanol–water partition coefficient (Wildman–Crippen LogP) is 3.97. The highest BCUT2D eigenvalue weighted by Gasteiger charge is 2.33. The Bertz CT molecular complexity index is 1430. The van der Waals surface area contributed by atoms with E-state index in [1.807, 2.05) is 24.3 Å². The molecule has 0 aliphatic carbocycles. The van der Waals surface area contributed by atoms with E-state index in [-0.39, 0.29) is 23.0 Å². The molecule has 3 aromatic carbocycles. The van der Waals surface area contributed by atoms with Gasteiger partial charge >= 0.3 is 0 Å². The standard InChI is InChI=1S/C28H30BrN3O6S/c1-3-30-28(34)20(2)31(18-21-8-7-9-22(29)16-21)27(33)19-32(39(35,36)24-10-5-4-6-11-24)23-12-13-25-26(17-23)38-15-14-37-25/h4-13,16-17,20H,3,14-15,18-19H2,1-2H3,(H,30,34)/t20-/m1/s1. The third-order valence-corrected chi connectivity index (χ3v) is 8.47. The Labute approximate surface area is 236 Å². The van der Waals surface area contributed by atoms with Crippen molar-refractivity contribution in [3.8, 4) is 11.5 Å². The van der Waals surface area contributed by atoms with E-state index in [0.29, 0.717) is 31.3 Å². The molecule has 0 radical (unpaired) electrons. The van der Waals surface area contributed by atoms with Crippen LogP contribution in [0.4, 0.5) is 5.69 Å². The lowest BCUT2D eigenvalue weighted by molar-refractivity contribution is -0.139. The summed E-state index contributed by atoms with van der Waals surface area (Å²) >= 11 is 3.44. The minimum Gasteiger partial charge on any atom is -0.486 e. The van der Waals surface area contributed by atoms with E-state index in [2.05, 4.69) is 21.2 Å². The van der Waals surface area contributed by atoms with Crippen molar-refractivity contribution >= 4 is 43.5 Å². The van der Waals surface area contributed by atoms with Crippen molar-refractivity contribution in [2.45, 2.75) is 31.3 Å². The van der Waals surface area contributed by atoms with Gasteiger partial charge in [0.1, 0.15) is 25.8 Å². The summed E-state index contributed by atoms with van der Waals surface area (Å²) in [5.74, 6) is 0.0106. The molecule has 1 atom stereocenters. The van der Waals surface area contributed by atoms with Crippen molar-refractivity contribution in [2.75, 3.05) is 30.6 Å². The molecule has 1 aliphatic heterocycles. The molecule has 1 N–H and O–H groups in total. The molecule has 0 spiro atoms. The highest BCUT2D eigenvalue weighted by molar-refractivity contribution is 9.10. The van der Waals surface area contributed by atoms with Crippen LogP contribution >= 0.6 is 15.9 Å². The summed E-state index contributed by atoms with van der Waals surface area (Å²) in [4.78, 5) is 28.1. The van der Waals surface area contributed by atoms with Crippen LogP contribution in [0.3, 0.4) is 0 Å². The first-order valence-electron chi connectivity index (χ1n) is 12.5. The molecule has 206 valence electrons. The van der Waals surface area contributed by atoms with Gasteiger partial charge in [0.05, 0.1) is 10.6 Å². The first-order valence-corrected chi connectivity index (χ1v) is 14.7. The Hall–Kier alpha value is -3.57. The van der Waals surface area contributed by atoms with E-state index in [4.69, 9.17) is 9.47 Å². The van der Waals surface area contributed by atoms with Crippen molar-refractivity contribution in [3.63, 3.8) is 0 Å². The zero-order valence-corrected chi connectivity index (χ0v) is 24.1. The molecule has 0 unspecified atom stereocenters. The fraction of sp³-hybridized carbons (Fsp3) is 0.286. The number of likely N-dealkylation sites (N-methyl/N-ethyl adjacent to an activating group) is 1. The number of carbonyl (C=O) groups excluding carboxylic acids is 2. The van der Waals surface area contributed by atoms with Crippen molar-refractivity contribution in [1.29, 1.82) is 0 Å². The molecule has 0 saturated carbocycles. The van der Waals surface area contributed by atoms with Crippen molar-refractivity contribution in [1.82, 2.24) is 10.2 Å². The van der Waals surface area contributed by atoms with Gasteiger partial charge in [0.25, 0.3) is 10.0 Å². The molecule has 0 fully saturated rings. The molecule has 39 heavy (non-hydrogen) atoms. The number of anilines is 1. The van der Waals surface area contributed by atoms with Crippen molar-refractivity contribution < 1.29 is 27.5 Å². The maximum Gasteiger partial charge on any atom is 0.264 e. The molecule has 0 saturated heterocycles. The van der Waals surface area contributed by atoms with E-state index in [9.17, 15) is 18.0 Å². The third kappa shape index (κ3) is 6.72. The fourth-order valence-electron chi connectivity index (χ4n) is 4.17. The Balaban J connectivity index is 1.73. The molecule has 2 amide bonds. The van der Waals surface area contributed by atoms with Gasteiger partial charge in [0.15, 0.2) is 11.5 Å². The monoisotopic (exact) mass is 615 g/mol. The minimum absolute atomic E-state index is 0.0306. The maximum absolute atomic E-state index is 13.9. The number of carbonyl (C=O) groups is 2. The van der Waals surface area contributed by atoms with Gasteiger partial charge in [0.2, 0.25) is 11.8 Å². The number of benzene rings is 3. The zero-order valence-electron chi connectivity index (χ0n) is 21.7. The number of halogens is 1. The van der Waals surface area contributed by atoms with Gasteiger partial charge < -0.3 is 19.7 Å². The second-order valence-corrected chi connectivity index (χ2v) is 11.7. The number of amides is 2. The smallest absolute Gasteiger partial charge is 0.264 e. The summed E-state index contributed by atoms with van der Waals surface area (Å²) in [5, 5.41) is 2.75. The summed E-state index contributed by atoms with van der Waals surface area (Å²) in [7, 11) is -4.16. The molecular formula is C28H30BrN3O6S. The average Bonchev–Trinajstić information content (AvgIpc) is 2.94. The number of rotatable bonds is 10. The lowest BCUT2D eigenvalue weighted by atomic mass is 10.1. The predicted molar refractivity (Wildman–Crippen MR) is 151 cm³/mol. The molecule has 0 aromatic heterocycles. The largest absolute Gasteiger partial charge is 0.486 e. The summed E-state index contributed by atoms with van der Waals surface area (Å²) < 4.78 is 40.9. The van der Waals surface area contributed by atoms with E-state index in [0.717, 1.165) is 14.3 Å². The summed E-state index contributed by atoms with van der Waals surface area (Å²) in [6.45, 7) is 4.10. The summed E-state index contributed by atoms with van der Waals surface area (Å²) in [5.41, 5.74) is 1.02. The summed E-state index contributed by atoms with van der Waals surface area (Å²) in [6, 6.07) is 19.2. The van der Waals surface area contributed by atoms with Crippen LogP contribution in [0.25, 0.3) is 0 Å². The quantitative estimate of drug-likeness (QED) is 0.370. The van der Waals surface area contributed by atoms with Gasteiger partial charge in [0, 0.05) is 23.6 Å². The van der Waals surface area contributed by atoms with Crippen LogP contribution in [0.15, 0.2) is 82.2 Å². The van der Waals surface area contributed by atoms with Crippen LogP contribution in [-0.2, 0) is 26.2 Å². The average molecular weight is 617 g/mol. The molecule has 4 rings (SSSR count). The highest BCUT2D eigenvalue weighted by atomic mass is 79.9. The third-order valence-electron chi connectivity index (χ3n) is 6.18. The molecule has 3 aromatic rings. The first kappa shape index (κ1) is 28.4. The number of nitrogens with zero attached hydrogens (tertiary/aromatic N) is 2. The van der Waals surface area contributed by atoms with Gasteiger partial charge in [-0.25, -0.2) is 8.42 Å². The normalized spacial score (nSPS) is 13.3. The second-order valence-electron chi connectivity index (χ2n) is 8.87. The van der Waals surface area contributed by atoms with Gasteiger partial charge in [-0.05, 0) is 55.8 Å². The molecule has 1 heterocycles. The van der Waals surface area contributed by atoms with Gasteiger partial charge in [-0.1, -0.05) is 46.3 Å². The lowest BCUT2D eigenvalue weighted by Crippen LogP contribution is -2.51. The number of nitrogens with one attached hydrogen (secondary N) is 1. The van der Waals surface area contributed by atoms with Gasteiger partial charge in [-0.2, -0.15) is 0 Å². The Morgan fingerprint density at radius 2 is 1.69 bits per heavy atom. The van der Waals surface area contributed by atoms with Crippen LogP contribution in [0.5, 0.6) is 11.5 Å². The van der Waals surface area contributed by atoms with Gasteiger partial charge in [-0.3, -0.25) is 13.9 Å².